The fraction of sp³-hybridized carbons (Fsp3) is 0.544. The Balaban J connectivity index is 1.64. The van der Waals surface area contributed by atoms with Crippen LogP contribution in [-0.4, -0.2) is 178 Å². The van der Waals surface area contributed by atoms with Gasteiger partial charge in [-0.15, -0.1) is 0 Å². The predicted octanol–water partition coefficient (Wildman–Crippen LogP) is -1.26. The largest absolute Gasteiger partial charge is 0.481 e. The number of carbonyl (C=O) groups excluding carboxylic acids is 8. The molecule has 0 spiro atoms. The normalized spacial score (nSPS) is 13.8. The smallest absolute Gasteiger partial charge is 0.326 e. The number of amides is 8. The second-order valence-electron chi connectivity index (χ2n) is 23.1. The Morgan fingerprint density at radius 1 is 0.573 bits per heavy atom. The lowest BCUT2D eigenvalue weighted by atomic mass is 9.85. The zero-order valence-electron chi connectivity index (χ0n) is 51.1. The van der Waals surface area contributed by atoms with E-state index >= 15 is 0 Å². The van der Waals surface area contributed by atoms with Crippen molar-refractivity contribution in [1.29, 1.82) is 0 Å². The number of hydrogen-bond donors (Lipinski definition) is 18. The van der Waals surface area contributed by atoms with Gasteiger partial charge in [0, 0.05) is 90.2 Å². The highest BCUT2D eigenvalue weighted by Crippen LogP contribution is 2.33. The number of imidazole rings is 2. The second-order valence-corrected chi connectivity index (χ2v) is 23.1. The summed E-state index contributed by atoms with van der Waals surface area (Å²) in [5.41, 5.74) is 20.0. The minimum Gasteiger partial charge on any atom is -0.481 e. The minimum absolute atomic E-state index is 0.000576. The maximum absolute atomic E-state index is 14.5. The van der Waals surface area contributed by atoms with Gasteiger partial charge in [0.15, 0.2) is 5.96 Å². The van der Waals surface area contributed by atoms with Crippen LogP contribution in [0.3, 0.4) is 0 Å². The van der Waals surface area contributed by atoms with Gasteiger partial charge >= 0.3 is 17.9 Å². The van der Waals surface area contributed by atoms with Crippen LogP contribution in [0.25, 0.3) is 0 Å². The number of H-pyrrole nitrogens is 4. The van der Waals surface area contributed by atoms with E-state index < -0.39 is 126 Å². The number of nitrogens with two attached hydrogens (primary N) is 3. The molecule has 89 heavy (non-hydrogen) atoms. The van der Waals surface area contributed by atoms with Gasteiger partial charge in [0.05, 0.1) is 31.1 Å². The summed E-state index contributed by atoms with van der Waals surface area (Å²) in [5.74, 6) is -12.5. The number of unbranched alkanes of at least 4 members (excludes halogenated alkanes) is 2. The van der Waals surface area contributed by atoms with E-state index in [9.17, 15) is 68.1 Å². The number of nitrogens with zero attached hydrogens (tertiary/aromatic N) is 3. The van der Waals surface area contributed by atoms with E-state index in [2.05, 4.69) is 98.2 Å². The molecule has 32 heteroatoms. The summed E-state index contributed by atoms with van der Waals surface area (Å²) in [5, 5.41) is 49.7. The lowest BCUT2D eigenvalue weighted by Crippen LogP contribution is -2.60. The molecule has 0 aliphatic rings. The molecular formula is C57H86N18O14. The van der Waals surface area contributed by atoms with Crippen LogP contribution in [-0.2, 0) is 71.6 Å². The number of aryl methyl sites for hydroxylation is 1. The van der Waals surface area contributed by atoms with Gasteiger partial charge in [-0.25, -0.2) is 14.8 Å². The first-order chi connectivity index (χ1) is 41.9. The van der Waals surface area contributed by atoms with Crippen LogP contribution in [0.4, 0.5) is 0 Å². The van der Waals surface area contributed by atoms with Crippen LogP contribution >= 0.6 is 0 Å². The Morgan fingerprint density at radius 2 is 1.02 bits per heavy atom. The molecule has 0 bridgehead atoms. The van der Waals surface area contributed by atoms with E-state index in [1.54, 1.807) is 13.0 Å². The first kappa shape index (κ1) is 71.9. The van der Waals surface area contributed by atoms with E-state index in [1.807, 2.05) is 26.0 Å². The van der Waals surface area contributed by atoms with E-state index in [4.69, 9.17) is 17.2 Å². The van der Waals surface area contributed by atoms with Gasteiger partial charge in [-0.2, -0.15) is 0 Å². The van der Waals surface area contributed by atoms with Gasteiger partial charge < -0.3 is 95.0 Å². The van der Waals surface area contributed by atoms with Crippen LogP contribution in [0.2, 0.25) is 0 Å². The zero-order chi connectivity index (χ0) is 66.2. The quantitative estimate of drug-likeness (QED) is 0.0141. The number of nitrogens with one attached hydrogen (secondary N) is 12. The number of carbonyl (C=O) groups is 11. The third-order valence-electron chi connectivity index (χ3n) is 14.4. The van der Waals surface area contributed by atoms with E-state index in [-0.39, 0.29) is 82.4 Å². The summed E-state index contributed by atoms with van der Waals surface area (Å²) in [6.07, 6.45) is 3.22. The molecule has 7 atom stereocenters. The van der Waals surface area contributed by atoms with E-state index in [1.165, 1.54) is 25.0 Å². The Morgan fingerprint density at radius 3 is 1.48 bits per heavy atom. The van der Waals surface area contributed by atoms with Gasteiger partial charge in [-0.3, -0.25) is 52.9 Å². The number of aromatic amines is 4. The van der Waals surface area contributed by atoms with Crippen molar-refractivity contribution >= 4 is 71.1 Å². The molecule has 0 aliphatic heterocycles. The van der Waals surface area contributed by atoms with Crippen molar-refractivity contribution in [1.82, 2.24) is 72.4 Å². The Labute approximate surface area is 513 Å². The number of aliphatic carboxylic acids is 3. The average molecular weight is 1250 g/mol. The highest BCUT2D eigenvalue weighted by Gasteiger charge is 2.37. The van der Waals surface area contributed by atoms with Gasteiger partial charge in [-0.05, 0) is 96.9 Å². The molecule has 32 nitrogen and oxygen atoms in total. The number of carboxylic acids is 3. The molecular weight excluding hydrogens is 1160 g/mol. The topological polar surface area (TPSA) is 524 Å². The van der Waals surface area contributed by atoms with Gasteiger partial charge in [0.1, 0.15) is 42.3 Å². The molecule has 0 aliphatic carbocycles. The first-order valence-corrected chi connectivity index (χ1v) is 29.0. The monoisotopic (exact) mass is 1250 g/mol. The highest BCUT2D eigenvalue weighted by molar-refractivity contribution is 5.99. The zero-order valence-corrected chi connectivity index (χ0v) is 51.1. The SMILES string of the molecule is CC(=O)NC(CCCN=C(N)N)C(=O)NC(Cc1cnc[nH]1)C(=O)NC(CC(=O)O)C(=O)NC(CCCCNC(=O)c1cc(C(C)(C)c2ccc(C(C)(C)C)[nH]2)[nH]c1C)C(=O)NC(CC(=O)O)C(=O)NC(Cc1cnc[nH]1)C(=O)NC(CCCCN)C(=O)O. The van der Waals surface area contributed by atoms with Gasteiger partial charge in [-0.1, -0.05) is 20.8 Å². The lowest BCUT2D eigenvalue weighted by molar-refractivity contribution is -0.143. The molecule has 0 aromatic carbocycles. The number of hydrogen-bond acceptors (Lipinski definition) is 15. The molecule has 8 amide bonds. The Kier molecular flexibility index (Phi) is 27.5. The number of carboxylic acid groups (broad SMARTS) is 3. The van der Waals surface area contributed by atoms with Crippen LogP contribution < -0.4 is 59.7 Å². The van der Waals surface area contributed by atoms with Gasteiger partial charge in [0.25, 0.3) is 5.91 Å². The number of rotatable bonds is 38. The van der Waals surface area contributed by atoms with Crippen molar-refractivity contribution < 1.29 is 68.1 Å². The molecule has 4 rings (SSSR count). The average Bonchev–Trinajstić information content (AvgIpc) is 1.72. The molecule has 0 saturated carbocycles. The molecule has 4 heterocycles. The van der Waals surface area contributed by atoms with Crippen molar-refractivity contribution in [2.45, 2.75) is 179 Å². The van der Waals surface area contributed by atoms with Crippen molar-refractivity contribution in [3.63, 3.8) is 0 Å². The number of aromatic nitrogens is 6. The molecule has 7 unspecified atom stereocenters. The molecule has 4 aromatic rings. The van der Waals surface area contributed by atoms with Crippen molar-refractivity contribution in [3.05, 3.63) is 83.0 Å². The summed E-state index contributed by atoms with van der Waals surface area (Å²) in [7, 11) is 0. The summed E-state index contributed by atoms with van der Waals surface area (Å²) in [6, 6.07) is -5.71. The molecule has 0 fully saturated rings. The van der Waals surface area contributed by atoms with Gasteiger partial charge in [0.2, 0.25) is 41.4 Å². The molecule has 4 aromatic heterocycles. The van der Waals surface area contributed by atoms with Crippen LogP contribution in [0, 0.1) is 6.92 Å². The number of guanidine groups is 1. The molecule has 0 saturated heterocycles. The maximum Gasteiger partial charge on any atom is 0.326 e. The maximum atomic E-state index is 14.5. The summed E-state index contributed by atoms with van der Waals surface area (Å²) >= 11 is 0. The fourth-order valence-electron chi connectivity index (χ4n) is 9.33. The predicted molar refractivity (Wildman–Crippen MR) is 322 cm³/mol. The second kappa shape index (κ2) is 34.1. The Hall–Kier alpha value is -9.62. The summed E-state index contributed by atoms with van der Waals surface area (Å²) < 4.78 is 0. The van der Waals surface area contributed by atoms with Crippen molar-refractivity contribution in [3.8, 4) is 0 Å². The van der Waals surface area contributed by atoms with Crippen molar-refractivity contribution in [2.24, 2.45) is 22.2 Å². The van der Waals surface area contributed by atoms with Crippen LogP contribution in [0.5, 0.6) is 0 Å². The minimum atomic E-state index is -1.98. The van der Waals surface area contributed by atoms with Crippen LogP contribution in [0.1, 0.15) is 150 Å². The third-order valence-corrected chi connectivity index (χ3v) is 14.4. The van der Waals surface area contributed by atoms with Crippen molar-refractivity contribution in [2.75, 3.05) is 19.6 Å². The summed E-state index contributed by atoms with van der Waals surface area (Å²) in [4.78, 5) is 172. The standard InChI is InChI=1S/C57H86N18O14/c1-30-34(23-44(67-30)57(6,7)43-17-16-42(75-43)56(3,4)5)47(81)63-19-11-9-13-36(49(83)73-41(25-46(79)80)53(87)72-38(21-32-26-61-28-65-32)50(84)70-37(54(88)89)14-8-10-18-58)69-52(86)40(24-45(77)78)74-51(85)39(22-33-27-62-29-66-33)71-48(82)35(68-31(2)76)15-12-20-64-55(59)60/h16-17,23,26-29,35-41,67,75H,8-15,18-22,24-25,58H2,1-7H3,(H,61,65)(H,62,66)(H,63,81)(H,68,76)(H,69,86)(H,70,84)(H,71,82)(H,72,87)(H,73,83)(H,74,85)(H,77,78)(H,79,80)(H,88,89)(H4,59,60,64). The van der Waals surface area contributed by atoms with E-state index in [0.29, 0.717) is 35.5 Å². The molecule has 0 radical (unpaired) electrons. The third kappa shape index (κ3) is 23.5. The van der Waals surface area contributed by atoms with E-state index in [0.717, 1.165) is 24.0 Å². The summed E-state index contributed by atoms with van der Waals surface area (Å²) in [6.45, 7) is 13.6. The van der Waals surface area contributed by atoms with Crippen LogP contribution in [0.15, 0.2) is 48.2 Å². The highest BCUT2D eigenvalue weighted by atomic mass is 16.4. The Bertz CT molecular complexity index is 3090. The lowest BCUT2D eigenvalue weighted by Gasteiger charge is -2.27. The first-order valence-electron chi connectivity index (χ1n) is 29.0. The molecule has 21 N–H and O–H groups in total. The fourth-order valence-corrected chi connectivity index (χ4v) is 9.33. The molecule has 488 valence electrons. The number of aliphatic imine (C=N–C) groups is 1.